The minimum Gasteiger partial charge on any atom is -0.321 e. The molecule has 2 aliphatic rings. The maximum atomic E-state index is 14.0. The number of carbonyl (C=O) groups is 2. The van der Waals surface area contributed by atoms with Crippen molar-refractivity contribution in [3.05, 3.63) is 52.6 Å². The van der Waals surface area contributed by atoms with Gasteiger partial charge in [-0.2, -0.15) is 5.10 Å². The minimum atomic E-state index is -0.517. The highest BCUT2D eigenvalue weighted by molar-refractivity contribution is 5.98. The first kappa shape index (κ1) is 22.4. The van der Waals surface area contributed by atoms with Crippen molar-refractivity contribution in [2.45, 2.75) is 39.3 Å². The lowest BCUT2D eigenvalue weighted by atomic mass is 9.99. The molecule has 2 saturated heterocycles. The van der Waals surface area contributed by atoms with E-state index in [1.54, 1.807) is 18.2 Å². The van der Waals surface area contributed by atoms with Crippen molar-refractivity contribution in [3.63, 3.8) is 0 Å². The normalized spacial score (nSPS) is 23.4. The molecule has 1 aromatic carbocycles. The molecule has 0 saturated carbocycles. The second kappa shape index (κ2) is 8.97. The number of likely N-dealkylation sites (N-methyl/N-ethyl adjacent to an activating group) is 1. The van der Waals surface area contributed by atoms with Crippen LogP contribution in [0.5, 0.6) is 0 Å². The van der Waals surface area contributed by atoms with Crippen LogP contribution in [0.15, 0.2) is 24.3 Å². The molecule has 2 aromatic rings. The standard InChI is InChI=1S/C22H30FN7O2/c1-13-16(14(2)29(4)27-13)9-10-28(3)21-24-11-17-19(25-21)26-22(32)30(20(17)31)12-15-7-5-6-8-18(15)23/h5-8,17,19,21,24-25H,9-12H2,1-4H3,(H,26,32). The molecule has 2 fully saturated rings. The Hall–Kier alpha value is -2.82. The Morgan fingerprint density at radius 2 is 2.00 bits per heavy atom. The Kier molecular flexibility index (Phi) is 6.27. The van der Waals surface area contributed by atoms with Gasteiger partial charge in [-0.1, -0.05) is 18.2 Å². The lowest BCUT2D eigenvalue weighted by Crippen LogP contribution is -2.74. The molecule has 3 amide bonds. The molecule has 1 aromatic heterocycles. The Balaban J connectivity index is 1.37. The smallest absolute Gasteiger partial charge is 0.321 e. The summed E-state index contributed by atoms with van der Waals surface area (Å²) in [5.41, 5.74) is 3.73. The molecule has 9 nitrogen and oxygen atoms in total. The van der Waals surface area contributed by atoms with Crippen LogP contribution < -0.4 is 16.0 Å². The summed E-state index contributed by atoms with van der Waals surface area (Å²) >= 11 is 0. The molecule has 0 aliphatic carbocycles. The molecule has 0 radical (unpaired) electrons. The number of fused-ring (bicyclic) bond motifs is 1. The molecule has 0 spiro atoms. The van der Waals surface area contributed by atoms with E-state index in [1.165, 1.54) is 11.6 Å². The van der Waals surface area contributed by atoms with Crippen molar-refractivity contribution in [1.29, 1.82) is 0 Å². The highest BCUT2D eigenvalue weighted by Crippen LogP contribution is 2.21. The molecule has 3 heterocycles. The molecule has 4 rings (SSSR count). The molecular formula is C22H30FN7O2. The van der Waals surface area contributed by atoms with Gasteiger partial charge in [-0.05, 0) is 38.9 Å². The molecule has 32 heavy (non-hydrogen) atoms. The van der Waals surface area contributed by atoms with Crippen LogP contribution in [0.3, 0.4) is 0 Å². The summed E-state index contributed by atoms with van der Waals surface area (Å²) < 4.78 is 15.9. The molecular weight excluding hydrogens is 413 g/mol. The van der Waals surface area contributed by atoms with E-state index in [0.717, 1.165) is 29.3 Å². The van der Waals surface area contributed by atoms with Crippen LogP contribution in [0.2, 0.25) is 0 Å². The Bertz CT molecular complexity index is 1020. The number of hydrogen-bond acceptors (Lipinski definition) is 6. The van der Waals surface area contributed by atoms with Gasteiger partial charge in [0.1, 0.15) is 12.1 Å². The van der Waals surface area contributed by atoms with Gasteiger partial charge in [-0.25, -0.2) is 9.18 Å². The van der Waals surface area contributed by atoms with E-state index in [4.69, 9.17) is 0 Å². The Morgan fingerprint density at radius 3 is 2.69 bits per heavy atom. The summed E-state index contributed by atoms with van der Waals surface area (Å²) in [7, 11) is 3.93. The van der Waals surface area contributed by atoms with Gasteiger partial charge in [0.25, 0.3) is 0 Å². The summed E-state index contributed by atoms with van der Waals surface area (Å²) in [4.78, 5) is 28.8. The number of urea groups is 1. The molecule has 10 heteroatoms. The maximum absolute atomic E-state index is 14.0. The van der Waals surface area contributed by atoms with E-state index >= 15 is 0 Å². The fourth-order valence-electron chi connectivity index (χ4n) is 4.41. The highest BCUT2D eigenvalue weighted by Gasteiger charge is 2.44. The van der Waals surface area contributed by atoms with E-state index < -0.39 is 23.9 Å². The topological polar surface area (TPSA) is 94.5 Å². The van der Waals surface area contributed by atoms with Gasteiger partial charge in [0.15, 0.2) is 0 Å². The van der Waals surface area contributed by atoms with Crippen LogP contribution >= 0.6 is 0 Å². The van der Waals surface area contributed by atoms with Crippen molar-refractivity contribution >= 4 is 11.9 Å². The lowest BCUT2D eigenvalue weighted by molar-refractivity contribution is -0.138. The minimum absolute atomic E-state index is 0.0896. The summed E-state index contributed by atoms with van der Waals surface area (Å²) in [6.45, 7) is 5.17. The van der Waals surface area contributed by atoms with Gasteiger partial charge in [-0.15, -0.1) is 0 Å². The number of nitrogens with zero attached hydrogens (tertiary/aromatic N) is 4. The number of imide groups is 1. The summed E-state index contributed by atoms with van der Waals surface area (Å²) in [6, 6.07) is 5.65. The molecule has 3 unspecified atom stereocenters. The van der Waals surface area contributed by atoms with Crippen molar-refractivity contribution in [3.8, 4) is 0 Å². The lowest BCUT2D eigenvalue weighted by Gasteiger charge is -2.45. The van der Waals surface area contributed by atoms with Gasteiger partial charge in [0, 0.05) is 31.4 Å². The van der Waals surface area contributed by atoms with Crippen molar-refractivity contribution in [2.24, 2.45) is 13.0 Å². The van der Waals surface area contributed by atoms with Gasteiger partial charge in [0.05, 0.1) is 24.3 Å². The van der Waals surface area contributed by atoms with E-state index in [-0.39, 0.29) is 18.7 Å². The third kappa shape index (κ3) is 4.25. The Morgan fingerprint density at radius 1 is 1.25 bits per heavy atom. The summed E-state index contributed by atoms with van der Waals surface area (Å²) in [6.07, 6.45) is 0.166. The third-order valence-corrected chi connectivity index (χ3v) is 6.48. The van der Waals surface area contributed by atoms with Crippen molar-refractivity contribution in [1.82, 2.24) is 35.5 Å². The van der Waals surface area contributed by atoms with Crippen LogP contribution in [-0.2, 0) is 24.8 Å². The zero-order valence-electron chi connectivity index (χ0n) is 18.9. The summed E-state index contributed by atoms with van der Waals surface area (Å²) in [5.74, 6) is -1.22. The first-order valence-electron chi connectivity index (χ1n) is 10.8. The van der Waals surface area contributed by atoms with Crippen molar-refractivity contribution in [2.75, 3.05) is 20.1 Å². The second-order valence-corrected chi connectivity index (χ2v) is 8.53. The SMILES string of the molecule is Cc1nn(C)c(C)c1CCN(C)C1NCC2C(=O)N(Cc3ccccc3F)C(=O)NC2N1. The number of carbonyl (C=O) groups excluding carboxylic acids is 2. The molecule has 0 bridgehead atoms. The summed E-state index contributed by atoms with van der Waals surface area (Å²) in [5, 5.41) is 14.0. The number of benzene rings is 1. The first-order chi connectivity index (χ1) is 15.3. The average Bonchev–Trinajstić information content (AvgIpc) is 3.01. The third-order valence-electron chi connectivity index (χ3n) is 6.48. The molecule has 2 aliphatic heterocycles. The average molecular weight is 444 g/mol. The number of aromatic nitrogens is 2. The molecule has 3 atom stereocenters. The number of amides is 3. The Labute approximate surface area is 186 Å². The van der Waals surface area contributed by atoms with E-state index in [2.05, 4.69) is 32.9 Å². The highest BCUT2D eigenvalue weighted by atomic mass is 19.1. The van der Waals surface area contributed by atoms with Crippen LogP contribution in [0, 0.1) is 25.6 Å². The van der Waals surface area contributed by atoms with E-state index in [9.17, 15) is 14.0 Å². The number of rotatable bonds is 6. The fraction of sp³-hybridized carbons (Fsp3) is 0.500. The predicted octanol–water partition coefficient (Wildman–Crippen LogP) is 0.821. The zero-order valence-corrected chi connectivity index (χ0v) is 18.9. The van der Waals surface area contributed by atoms with Crippen LogP contribution in [0.25, 0.3) is 0 Å². The number of hydrogen-bond donors (Lipinski definition) is 3. The zero-order chi connectivity index (χ0) is 23.0. The number of halogens is 1. The number of nitrogens with one attached hydrogen (secondary N) is 3. The largest absolute Gasteiger partial charge is 0.325 e. The quantitative estimate of drug-likeness (QED) is 0.612. The predicted molar refractivity (Wildman–Crippen MR) is 117 cm³/mol. The fourth-order valence-corrected chi connectivity index (χ4v) is 4.41. The molecule has 3 N–H and O–H groups in total. The van der Waals surface area contributed by atoms with Gasteiger partial charge in [-0.3, -0.25) is 29.9 Å². The van der Waals surface area contributed by atoms with Gasteiger partial charge in [0.2, 0.25) is 5.91 Å². The maximum Gasteiger partial charge on any atom is 0.325 e. The van der Waals surface area contributed by atoms with E-state index in [0.29, 0.717) is 12.1 Å². The first-order valence-corrected chi connectivity index (χ1v) is 10.8. The molecule has 172 valence electrons. The van der Waals surface area contributed by atoms with Gasteiger partial charge >= 0.3 is 6.03 Å². The van der Waals surface area contributed by atoms with Crippen LogP contribution in [-0.4, -0.2) is 64.1 Å². The second-order valence-electron chi connectivity index (χ2n) is 8.53. The van der Waals surface area contributed by atoms with E-state index in [1.807, 2.05) is 25.7 Å². The monoisotopic (exact) mass is 443 g/mol. The van der Waals surface area contributed by atoms with Crippen LogP contribution in [0.4, 0.5) is 9.18 Å². The number of aryl methyl sites for hydroxylation is 2. The van der Waals surface area contributed by atoms with Crippen LogP contribution in [0.1, 0.15) is 22.5 Å². The van der Waals surface area contributed by atoms with Gasteiger partial charge < -0.3 is 5.32 Å². The van der Waals surface area contributed by atoms with Crippen molar-refractivity contribution < 1.29 is 14.0 Å².